The van der Waals surface area contributed by atoms with Gasteiger partial charge in [-0.05, 0) is 37.1 Å². The lowest BCUT2D eigenvalue weighted by atomic mass is 10.1. The van der Waals surface area contributed by atoms with Crippen LogP contribution in [0.2, 0.25) is 5.02 Å². The van der Waals surface area contributed by atoms with E-state index in [0.29, 0.717) is 16.5 Å². The number of halogens is 1. The molecule has 2 aromatic rings. The van der Waals surface area contributed by atoms with Gasteiger partial charge >= 0.3 is 0 Å². The second-order valence-corrected chi connectivity index (χ2v) is 5.92. The van der Waals surface area contributed by atoms with E-state index < -0.39 is 0 Å². The summed E-state index contributed by atoms with van der Waals surface area (Å²) in [5.41, 5.74) is 1.34. The summed E-state index contributed by atoms with van der Waals surface area (Å²) in [5.74, 6) is 0.130. The van der Waals surface area contributed by atoms with Crippen molar-refractivity contribution >= 4 is 23.4 Å². The fourth-order valence-electron chi connectivity index (χ4n) is 2.06. The molecule has 0 radical (unpaired) electrons. The van der Waals surface area contributed by atoms with Gasteiger partial charge in [0.15, 0.2) is 5.76 Å². The molecule has 0 spiro atoms. The first-order valence-electron chi connectivity index (χ1n) is 7.38. The van der Waals surface area contributed by atoms with Crippen molar-refractivity contribution in [1.29, 1.82) is 0 Å². The molecular formula is C16H16ClN3O3. The average Bonchev–Trinajstić information content (AvgIpc) is 3.22. The molecule has 2 N–H and O–H groups in total. The normalized spacial score (nSPS) is 13.6. The number of nitrogens with one attached hydrogen (secondary N) is 2. The predicted octanol–water partition coefficient (Wildman–Crippen LogP) is 1.93. The van der Waals surface area contributed by atoms with Crippen molar-refractivity contribution < 1.29 is 14.1 Å². The van der Waals surface area contributed by atoms with E-state index >= 15 is 0 Å². The number of carbonyl (C=O) groups excluding carboxylic acids is 2. The third kappa shape index (κ3) is 4.56. The van der Waals surface area contributed by atoms with Gasteiger partial charge in [-0.25, -0.2) is 0 Å². The highest BCUT2D eigenvalue weighted by Crippen LogP contribution is 2.22. The van der Waals surface area contributed by atoms with Crippen molar-refractivity contribution in [3.05, 3.63) is 41.0 Å². The standard InChI is InChI=1S/C16H16ClN3O3/c17-11-3-1-10(2-4-11)14-7-13(20-23-14)8-15(21)18-9-16(22)19-12-5-6-12/h1-4,7,12H,5-6,8-9H2,(H,18,21)(H,19,22). The van der Waals surface area contributed by atoms with Crippen LogP contribution in [0.1, 0.15) is 18.5 Å². The molecule has 120 valence electrons. The van der Waals surface area contributed by atoms with E-state index in [1.165, 1.54) is 0 Å². The molecule has 0 unspecified atom stereocenters. The van der Waals surface area contributed by atoms with Crippen molar-refractivity contribution in [2.75, 3.05) is 6.54 Å². The zero-order chi connectivity index (χ0) is 16.2. The molecule has 0 atom stereocenters. The van der Waals surface area contributed by atoms with Crippen LogP contribution >= 0.6 is 11.6 Å². The summed E-state index contributed by atoms with van der Waals surface area (Å²) < 4.78 is 5.23. The topological polar surface area (TPSA) is 84.2 Å². The number of aromatic nitrogens is 1. The molecule has 6 nitrogen and oxygen atoms in total. The van der Waals surface area contributed by atoms with Crippen LogP contribution in [0.15, 0.2) is 34.9 Å². The number of hydrogen-bond acceptors (Lipinski definition) is 4. The maximum Gasteiger partial charge on any atom is 0.239 e. The van der Waals surface area contributed by atoms with E-state index in [0.717, 1.165) is 18.4 Å². The monoisotopic (exact) mass is 333 g/mol. The molecule has 2 amide bonds. The Hall–Kier alpha value is -2.34. The Labute approximate surface area is 138 Å². The zero-order valence-corrected chi connectivity index (χ0v) is 13.1. The number of amides is 2. The summed E-state index contributed by atoms with van der Waals surface area (Å²) in [5, 5.41) is 9.88. The molecule has 0 bridgehead atoms. The van der Waals surface area contributed by atoms with Crippen molar-refractivity contribution in [3.63, 3.8) is 0 Å². The number of hydrogen-bond donors (Lipinski definition) is 2. The number of nitrogens with zero attached hydrogens (tertiary/aromatic N) is 1. The summed E-state index contributed by atoms with van der Waals surface area (Å²) >= 11 is 5.84. The molecule has 0 saturated heterocycles. The van der Waals surface area contributed by atoms with Gasteiger partial charge in [0, 0.05) is 22.7 Å². The van der Waals surface area contributed by atoms with Crippen molar-refractivity contribution in [1.82, 2.24) is 15.8 Å². The first-order valence-corrected chi connectivity index (χ1v) is 7.75. The van der Waals surface area contributed by atoms with E-state index in [-0.39, 0.29) is 30.8 Å². The van der Waals surface area contributed by atoms with Crippen molar-refractivity contribution in [3.8, 4) is 11.3 Å². The molecule has 1 fully saturated rings. The van der Waals surface area contributed by atoms with Gasteiger partial charge in [-0.15, -0.1) is 0 Å². The highest BCUT2D eigenvalue weighted by molar-refractivity contribution is 6.30. The molecule has 1 heterocycles. The van der Waals surface area contributed by atoms with Gasteiger partial charge in [0.05, 0.1) is 18.7 Å². The molecular weight excluding hydrogens is 318 g/mol. The Morgan fingerprint density at radius 2 is 1.96 bits per heavy atom. The fraction of sp³-hybridized carbons (Fsp3) is 0.312. The van der Waals surface area contributed by atoms with Crippen LogP contribution in [0.4, 0.5) is 0 Å². The third-order valence-corrected chi connectivity index (χ3v) is 3.67. The quantitative estimate of drug-likeness (QED) is 0.846. The molecule has 1 aromatic carbocycles. The van der Waals surface area contributed by atoms with E-state index in [4.69, 9.17) is 16.1 Å². The van der Waals surface area contributed by atoms with E-state index in [2.05, 4.69) is 15.8 Å². The van der Waals surface area contributed by atoms with Gasteiger partial charge in [-0.3, -0.25) is 9.59 Å². The highest BCUT2D eigenvalue weighted by Gasteiger charge is 2.23. The third-order valence-electron chi connectivity index (χ3n) is 3.42. The van der Waals surface area contributed by atoms with Gasteiger partial charge in [0.2, 0.25) is 11.8 Å². The molecule has 7 heteroatoms. The number of carbonyl (C=O) groups is 2. The van der Waals surface area contributed by atoms with Crippen LogP contribution in [0, 0.1) is 0 Å². The summed E-state index contributed by atoms with van der Waals surface area (Å²) in [6.45, 7) is -0.0166. The number of benzene rings is 1. The van der Waals surface area contributed by atoms with Gasteiger partial charge < -0.3 is 15.2 Å². The largest absolute Gasteiger partial charge is 0.356 e. The molecule has 3 rings (SSSR count). The van der Waals surface area contributed by atoms with Gasteiger partial charge in [0.1, 0.15) is 0 Å². The van der Waals surface area contributed by atoms with Crippen molar-refractivity contribution in [2.45, 2.75) is 25.3 Å². The Bertz CT molecular complexity index is 708. The first kappa shape index (κ1) is 15.6. The summed E-state index contributed by atoms with van der Waals surface area (Å²) in [6.07, 6.45) is 2.10. The van der Waals surface area contributed by atoms with Crippen LogP contribution in [-0.4, -0.2) is 29.6 Å². The lowest BCUT2D eigenvalue weighted by Crippen LogP contribution is -2.38. The molecule has 1 aromatic heterocycles. The van der Waals surface area contributed by atoms with Gasteiger partial charge in [-0.1, -0.05) is 16.8 Å². The maximum atomic E-state index is 11.8. The van der Waals surface area contributed by atoms with Gasteiger partial charge in [-0.2, -0.15) is 0 Å². The van der Waals surface area contributed by atoms with Crippen LogP contribution < -0.4 is 10.6 Å². The van der Waals surface area contributed by atoms with Crippen LogP contribution in [0.5, 0.6) is 0 Å². The minimum Gasteiger partial charge on any atom is -0.356 e. The Morgan fingerprint density at radius 1 is 1.22 bits per heavy atom. The van der Waals surface area contributed by atoms with E-state index in [1.807, 2.05) is 12.1 Å². The molecule has 0 aliphatic heterocycles. The van der Waals surface area contributed by atoms with Crippen molar-refractivity contribution in [2.24, 2.45) is 0 Å². The lowest BCUT2D eigenvalue weighted by molar-refractivity contribution is -0.125. The summed E-state index contributed by atoms with van der Waals surface area (Å²) in [6, 6.07) is 9.13. The highest BCUT2D eigenvalue weighted by atomic mass is 35.5. The zero-order valence-electron chi connectivity index (χ0n) is 12.3. The van der Waals surface area contributed by atoms with E-state index in [1.54, 1.807) is 18.2 Å². The Balaban J connectivity index is 1.50. The average molecular weight is 334 g/mol. The summed E-state index contributed by atoms with van der Waals surface area (Å²) in [7, 11) is 0. The minimum absolute atomic E-state index is 0.0166. The van der Waals surface area contributed by atoms with Crippen LogP contribution in [-0.2, 0) is 16.0 Å². The van der Waals surface area contributed by atoms with Crippen LogP contribution in [0.25, 0.3) is 11.3 Å². The second-order valence-electron chi connectivity index (χ2n) is 5.48. The van der Waals surface area contributed by atoms with Crippen LogP contribution in [0.3, 0.4) is 0 Å². The van der Waals surface area contributed by atoms with Gasteiger partial charge in [0.25, 0.3) is 0 Å². The first-order chi connectivity index (χ1) is 11.1. The Morgan fingerprint density at radius 3 is 2.65 bits per heavy atom. The molecule has 1 aliphatic carbocycles. The Kier molecular flexibility index (Phi) is 4.62. The predicted molar refractivity (Wildman–Crippen MR) is 84.8 cm³/mol. The molecule has 1 aliphatic rings. The van der Waals surface area contributed by atoms with E-state index in [9.17, 15) is 9.59 Å². The lowest BCUT2D eigenvalue weighted by Gasteiger charge is -2.04. The molecule has 23 heavy (non-hydrogen) atoms. The fourth-order valence-corrected chi connectivity index (χ4v) is 2.18. The summed E-state index contributed by atoms with van der Waals surface area (Å²) in [4.78, 5) is 23.3. The SMILES string of the molecule is O=C(Cc1cc(-c2ccc(Cl)cc2)on1)NCC(=O)NC1CC1. The number of rotatable bonds is 6. The maximum absolute atomic E-state index is 11.8. The molecule has 1 saturated carbocycles. The second kappa shape index (κ2) is 6.83. The smallest absolute Gasteiger partial charge is 0.239 e. The minimum atomic E-state index is -0.271.